The fraction of sp³-hybridized carbons (Fsp3) is 0.357. The minimum atomic E-state index is -1.08. The lowest BCUT2D eigenvalue weighted by molar-refractivity contribution is -0.138. The molecule has 110 valence electrons. The van der Waals surface area contributed by atoms with Gasteiger partial charge in [-0.15, -0.1) is 0 Å². The predicted molar refractivity (Wildman–Crippen MR) is 76.3 cm³/mol. The van der Waals surface area contributed by atoms with E-state index in [0.717, 1.165) is 0 Å². The Morgan fingerprint density at radius 2 is 2.25 bits per heavy atom. The SMILES string of the molecule is CCOC(=O)/C(N)=C/c1ccc(OCC(C)F)c(Cl)c1. The molecule has 0 aliphatic carbocycles. The summed E-state index contributed by atoms with van der Waals surface area (Å²) in [6.45, 7) is 3.27. The van der Waals surface area contributed by atoms with E-state index in [0.29, 0.717) is 16.3 Å². The van der Waals surface area contributed by atoms with Crippen molar-refractivity contribution in [2.75, 3.05) is 13.2 Å². The highest BCUT2D eigenvalue weighted by Crippen LogP contribution is 2.26. The monoisotopic (exact) mass is 301 g/mol. The molecule has 0 spiro atoms. The number of rotatable bonds is 6. The minimum Gasteiger partial charge on any atom is -0.489 e. The summed E-state index contributed by atoms with van der Waals surface area (Å²) in [6, 6.07) is 4.83. The van der Waals surface area contributed by atoms with Crippen LogP contribution in [0.2, 0.25) is 5.02 Å². The second-order valence-corrected chi connectivity index (χ2v) is 4.51. The first-order valence-corrected chi connectivity index (χ1v) is 6.52. The Labute approximate surface area is 122 Å². The topological polar surface area (TPSA) is 61.5 Å². The summed E-state index contributed by atoms with van der Waals surface area (Å²) in [6.07, 6.45) is 0.371. The lowest BCUT2D eigenvalue weighted by Crippen LogP contribution is -2.14. The predicted octanol–water partition coefficient (Wildman–Crippen LogP) is 2.94. The van der Waals surface area contributed by atoms with Crippen LogP contribution in [-0.4, -0.2) is 25.4 Å². The summed E-state index contributed by atoms with van der Waals surface area (Å²) in [5.74, 6) is -0.210. The van der Waals surface area contributed by atoms with E-state index in [1.807, 2.05) is 0 Å². The van der Waals surface area contributed by atoms with Crippen LogP contribution in [0.15, 0.2) is 23.9 Å². The second-order valence-electron chi connectivity index (χ2n) is 4.10. The average Bonchev–Trinajstić information content (AvgIpc) is 2.37. The number of halogens is 2. The number of esters is 1. The Hall–Kier alpha value is -1.75. The van der Waals surface area contributed by atoms with Gasteiger partial charge in [0.25, 0.3) is 0 Å². The summed E-state index contributed by atoms with van der Waals surface area (Å²) >= 11 is 6.00. The van der Waals surface area contributed by atoms with E-state index >= 15 is 0 Å². The van der Waals surface area contributed by atoms with Crippen molar-refractivity contribution in [1.29, 1.82) is 0 Å². The Morgan fingerprint density at radius 3 is 2.80 bits per heavy atom. The molecule has 0 fully saturated rings. The Morgan fingerprint density at radius 1 is 1.55 bits per heavy atom. The lowest BCUT2D eigenvalue weighted by atomic mass is 10.2. The zero-order chi connectivity index (χ0) is 15.1. The summed E-state index contributed by atoms with van der Waals surface area (Å²) in [5.41, 5.74) is 6.19. The first-order valence-electron chi connectivity index (χ1n) is 6.14. The molecule has 0 saturated heterocycles. The van der Waals surface area contributed by atoms with Crippen LogP contribution >= 0.6 is 11.6 Å². The molecule has 0 bridgehead atoms. The van der Waals surface area contributed by atoms with Gasteiger partial charge in [0, 0.05) is 0 Å². The molecular formula is C14H17ClFNO3. The quantitative estimate of drug-likeness (QED) is 0.648. The van der Waals surface area contributed by atoms with Gasteiger partial charge in [0.15, 0.2) is 0 Å². The molecule has 4 nitrogen and oxygen atoms in total. The maximum atomic E-state index is 12.7. The smallest absolute Gasteiger partial charge is 0.354 e. The van der Waals surface area contributed by atoms with Gasteiger partial charge >= 0.3 is 5.97 Å². The number of nitrogens with two attached hydrogens (primary N) is 1. The maximum absolute atomic E-state index is 12.7. The highest BCUT2D eigenvalue weighted by atomic mass is 35.5. The fourth-order valence-corrected chi connectivity index (χ4v) is 1.62. The van der Waals surface area contributed by atoms with E-state index in [1.54, 1.807) is 25.1 Å². The molecule has 1 unspecified atom stereocenters. The molecule has 2 N–H and O–H groups in total. The third-order valence-electron chi connectivity index (χ3n) is 2.26. The van der Waals surface area contributed by atoms with Gasteiger partial charge in [-0.1, -0.05) is 17.7 Å². The fourth-order valence-electron chi connectivity index (χ4n) is 1.38. The molecule has 0 aliphatic rings. The average molecular weight is 302 g/mol. The van der Waals surface area contributed by atoms with Crippen LogP contribution in [0.5, 0.6) is 5.75 Å². The van der Waals surface area contributed by atoms with E-state index in [4.69, 9.17) is 26.8 Å². The first-order chi connectivity index (χ1) is 9.43. The van der Waals surface area contributed by atoms with Gasteiger partial charge in [-0.25, -0.2) is 9.18 Å². The molecule has 1 aromatic rings. The van der Waals surface area contributed by atoms with Crippen LogP contribution in [-0.2, 0) is 9.53 Å². The summed E-state index contributed by atoms with van der Waals surface area (Å²) in [4.78, 5) is 11.4. The summed E-state index contributed by atoms with van der Waals surface area (Å²) in [7, 11) is 0. The molecule has 1 atom stereocenters. The molecule has 0 heterocycles. The van der Waals surface area contributed by atoms with Crippen LogP contribution < -0.4 is 10.5 Å². The number of carbonyl (C=O) groups is 1. The number of ether oxygens (including phenoxy) is 2. The van der Waals surface area contributed by atoms with Gasteiger partial charge in [0.1, 0.15) is 24.2 Å². The highest BCUT2D eigenvalue weighted by molar-refractivity contribution is 6.32. The third-order valence-corrected chi connectivity index (χ3v) is 2.55. The molecule has 1 rings (SSSR count). The Bertz CT molecular complexity index is 503. The molecular weight excluding hydrogens is 285 g/mol. The maximum Gasteiger partial charge on any atom is 0.354 e. The molecule has 20 heavy (non-hydrogen) atoms. The van der Waals surface area contributed by atoms with Crippen molar-refractivity contribution in [3.05, 3.63) is 34.5 Å². The molecule has 0 radical (unpaired) electrons. The summed E-state index contributed by atoms with van der Waals surface area (Å²) < 4.78 is 22.6. The molecule has 0 aliphatic heterocycles. The number of hydrogen-bond acceptors (Lipinski definition) is 4. The standard InChI is InChI=1S/C14H17ClFNO3/c1-3-19-14(18)12(17)7-10-4-5-13(11(15)6-10)20-8-9(2)16/h4-7,9H,3,8,17H2,1-2H3/b12-7-. The molecule has 1 aromatic carbocycles. The van der Waals surface area contributed by atoms with E-state index in [-0.39, 0.29) is 18.9 Å². The summed E-state index contributed by atoms with van der Waals surface area (Å²) in [5, 5.41) is 0.316. The van der Waals surface area contributed by atoms with E-state index in [9.17, 15) is 9.18 Å². The van der Waals surface area contributed by atoms with E-state index in [2.05, 4.69) is 0 Å². The van der Waals surface area contributed by atoms with Crippen molar-refractivity contribution in [2.45, 2.75) is 20.0 Å². The van der Waals surface area contributed by atoms with Crippen LogP contribution in [0.3, 0.4) is 0 Å². The van der Waals surface area contributed by atoms with Gasteiger partial charge in [-0.05, 0) is 37.6 Å². The zero-order valence-electron chi connectivity index (χ0n) is 11.4. The van der Waals surface area contributed by atoms with Crippen molar-refractivity contribution in [3.8, 4) is 5.75 Å². The first kappa shape index (κ1) is 16.3. The molecule has 0 saturated carbocycles. The normalized spacial score (nSPS) is 12.9. The van der Waals surface area contributed by atoms with E-state index in [1.165, 1.54) is 13.0 Å². The van der Waals surface area contributed by atoms with Crippen LogP contribution in [0.1, 0.15) is 19.4 Å². The largest absolute Gasteiger partial charge is 0.489 e. The van der Waals surface area contributed by atoms with Gasteiger partial charge in [-0.3, -0.25) is 0 Å². The highest BCUT2D eigenvalue weighted by Gasteiger charge is 2.08. The number of carbonyl (C=O) groups excluding carboxylic acids is 1. The van der Waals surface area contributed by atoms with Gasteiger partial charge in [0.05, 0.1) is 11.6 Å². The lowest BCUT2D eigenvalue weighted by Gasteiger charge is -2.09. The number of benzene rings is 1. The minimum absolute atomic E-state index is 0.0195. The van der Waals surface area contributed by atoms with Gasteiger partial charge < -0.3 is 15.2 Å². The van der Waals surface area contributed by atoms with Crippen molar-refractivity contribution in [1.82, 2.24) is 0 Å². The Balaban J connectivity index is 2.81. The van der Waals surface area contributed by atoms with Crippen molar-refractivity contribution >= 4 is 23.6 Å². The van der Waals surface area contributed by atoms with Crippen LogP contribution in [0.25, 0.3) is 6.08 Å². The zero-order valence-corrected chi connectivity index (χ0v) is 12.1. The number of alkyl halides is 1. The number of hydrogen-bond donors (Lipinski definition) is 1. The second kappa shape index (κ2) is 7.75. The molecule has 0 amide bonds. The van der Waals surface area contributed by atoms with Crippen LogP contribution in [0, 0.1) is 0 Å². The molecule has 0 aromatic heterocycles. The third kappa shape index (κ3) is 5.09. The van der Waals surface area contributed by atoms with Crippen molar-refractivity contribution in [3.63, 3.8) is 0 Å². The van der Waals surface area contributed by atoms with E-state index < -0.39 is 12.1 Å². The van der Waals surface area contributed by atoms with Gasteiger partial charge in [0.2, 0.25) is 0 Å². The molecule has 6 heteroatoms. The van der Waals surface area contributed by atoms with Crippen molar-refractivity contribution < 1.29 is 18.7 Å². The Kier molecular flexibility index (Phi) is 6.31. The van der Waals surface area contributed by atoms with Crippen LogP contribution in [0.4, 0.5) is 4.39 Å². The van der Waals surface area contributed by atoms with Gasteiger partial charge in [-0.2, -0.15) is 0 Å². The van der Waals surface area contributed by atoms with Crippen molar-refractivity contribution in [2.24, 2.45) is 5.73 Å².